The number of hydrogen-bond donors (Lipinski definition) is 9. The molecule has 14 heteroatoms. The van der Waals surface area contributed by atoms with E-state index in [4.69, 9.17) is 9.47 Å². The summed E-state index contributed by atoms with van der Waals surface area (Å²) in [4.78, 5) is 39.9. The van der Waals surface area contributed by atoms with Crippen LogP contribution in [0.2, 0.25) is 0 Å². The minimum Gasteiger partial charge on any atom is -0.462 e. The standard InChI is InChI=1S/C29H48O7.C29H46O7/c2*1-13(2)15-10-20(36-21(32)11-15)14(3)17-12-19(31)23-22-16(6-8-29(17,23)5)28(4)9-7-18(30)25(33)24(28)27(35)26(22)34/h13-18,20-27,30,32-35H,6-12H2,1-5H3;13-18,20,22-27,30,33-35H,6-12H2,1-5H3/t14?,15?,16?,17?,18-,20?,21?,22?,23?,24?,25+,26-,27-,28-,29-;14?,15?,16?,17?,18-,20?,22?,23?,24?,25+,26-,27-,28-,29-/m11/s1. The van der Waals surface area contributed by atoms with Gasteiger partial charge in [-0.3, -0.25) is 14.4 Å². The first-order chi connectivity index (χ1) is 33.6. The summed E-state index contributed by atoms with van der Waals surface area (Å²) in [6.07, 6.45) is -0.346. The molecule has 2 saturated heterocycles. The van der Waals surface area contributed by atoms with Crippen molar-refractivity contribution in [3.63, 3.8) is 0 Å². The number of hydrogen-bond acceptors (Lipinski definition) is 14. The smallest absolute Gasteiger partial charge is 0.306 e. The Morgan fingerprint density at radius 2 is 0.875 bits per heavy atom. The van der Waals surface area contributed by atoms with Crippen molar-refractivity contribution in [2.75, 3.05) is 0 Å². The van der Waals surface area contributed by atoms with Crippen LogP contribution in [0.15, 0.2) is 0 Å². The fraction of sp³-hybridized carbons (Fsp3) is 0.948. The highest BCUT2D eigenvalue weighted by atomic mass is 16.6. The highest BCUT2D eigenvalue weighted by Crippen LogP contribution is 2.70. The van der Waals surface area contributed by atoms with Crippen LogP contribution in [0, 0.1) is 116 Å². The van der Waals surface area contributed by atoms with E-state index in [0.717, 1.165) is 38.5 Å². The van der Waals surface area contributed by atoms with E-state index in [1.807, 2.05) is 0 Å². The van der Waals surface area contributed by atoms with Crippen molar-refractivity contribution in [2.45, 2.75) is 226 Å². The fourth-order valence-electron chi connectivity index (χ4n) is 19.9. The molecular formula is C58H94O14. The molecule has 0 spiro atoms. The fourth-order valence-corrected chi connectivity index (χ4v) is 19.9. The quantitative estimate of drug-likeness (QED) is 0.155. The zero-order valence-corrected chi connectivity index (χ0v) is 45.1. The average Bonchev–Trinajstić information content (AvgIpc) is 3.76. The predicted octanol–water partition coefficient (Wildman–Crippen LogP) is 5.21. The summed E-state index contributed by atoms with van der Waals surface area (Å²) in [5, 5.41) is 98.2. The second-order valence-electron chi connectivity index (χ2n) is 28.0. The van der Waals surface area contributed by atoms with Gasteiger partial charge in [-0.1, -0.05) is 69.2 Å². The topological polar surface area (TPSA) is 252 Å². The molecule has 17 unspecified atom stereocenters. The van der Waals surface area contributed by atoms with Crippen LogP contribution in [-0.4, -0.2) is 131 Å². The maximum Gasteiger partial charge on any atom is 0.306 e. The van der Waals surface area contributed by atoms with Crippen molar-refractivity contribution in [2.24, 2.45) is 116 Å². The molecule has 2 aliphatic heterocycles. The van der Waals surface area contributed by atoms with Crippen molar-refractivity contribution < 1.29 is 69.8 Å². The van der Waals surface area contributed by atoms with E-state index in [2.05, 4.69) is 69.2 Å². The van der Waals surface area contributed by atoms with Gasteiger partial charge in [-0.25, -0.2) is 0 Å². The molecule has 10 aliphatic rings. The van der Waals surface area contributed by atoms with Crippen LogP contribution in [0.1, 0.15) is 159 Å². The van der Waals surface area contributed by atoms with E-state index in [0.29, 0.717) is 69.1 Å². The van der Waals surface area contributed by atoms with Gasteiger partial charge in [0.2, 0.25) is 0 Å². The van der Waals surface area contributed by atoms with Crippen LogP contribution in [0.4, 0.5) is 0 Å². The lowest BCUT2D eigenvalue weighted by Crippen LogP contribution is -2.68. The van der Waals surface area contributed by atoms with E-state index in [9.17, 15) is 60.3 Å². The number of ether oxygens (including phenoxy) is 2. The van der Waals surface area contributed by atoms with Crippen LogP contribution < -0.4 is 0 Å². The minimum atomic E-state index is -1.18. The highest BCUT2D eigenvalue weighted by molar-refractivity contribution is 5.86. The average molecular weight is 1020 g/mol. The Kier molecular flexibility index (Phi) is 15.1. The molecule has 0 aromatic carbocycles. The molecule has 8 aliphatic carbocycles. The summed E-state index contributed by atoms with van der Waals surface area (Å²) >= 11 is 0. The number of ketones is 2. The largest absolute Gasteiger partial charge is 0.462 e. The van der Waals surface area contributed by atoms with Crippen molar-refractivity contribution >= 4 is 17.5 Å². The third-order valence-electron chi connectivity index (χ3n) is 24.2. The molecule has 2 heterocycles. The maximum atomic E-state index is 13.8. The first kappa shape index (κ1) is 55.2. The Labute approximate surface area is 428 Å². The Morgan fingerprint density at radius 1 is 0.472 bits per heavy atom. The zero-order chi connectivity index (χ0) is 52.6. The number of carbonyl (C=O) groups excluding carboxylic acids is 3. The molecule has 10 rings (SSSR count). The van der Waals surface area contributed by atoms with Gasteiger partial charge in [0.1, 0.15) is 17.7 Å². The summed E-state index contributed by atoms with van der Waals surface area (Å²) in [7, 11) is 0. The summed E-state index contributed by atoms with van der Waals surface area (Å²) in [5.41, 5.74) is -1.54. The number of aliphatic hydroxyl groups is 9. The number of cyclic esters (lactones) is 1. The number of carbonyl (C=O) groups is 3. The van der Waals surface area contributed by atoms with Crippen LogP contribution in [0.5, 0.6) is 0 Å². The van der Waals surface area contributed by atoms with Gasteiger partial charge in [-0.05, 0) is 145 Å². The first-order valence-electron chi connectivity index (χ1n) is 28.6. The molecule has 10 fully saturated rings. The van der Waals surface area contributed by atoms with E-state index >= 15 is 0 Å². The molecule has 0 amide bonds. The Morgan fingerprint density at radius 3 is 1.31 bits per heavy atom. The highest BCUT2D eigenvalue weighted by Gasteiger charge is 2.71. The van der Waals surface area contributed by atoms with Gasteiger partial charge >= 0.3 is 5.97 Å². The van der Waals surface area contributed by atoms with Gasteiger partial charge in [0.15, 0.2) is 6.29 Å². The molecule has 410 valence electrons. The molecule has 0 radical (unpaired) electrons. The van der Waals surface area contributed by atoms with Crippen LogP contribution in [0.3, 0.4) is 0 Å². The van der Waals surface area contributed by atoms with Gasteiger partial charge in [0.25, 0.3) is 0 Å². The number of rotatable bonds is 6. The molecule has 14 nitrogen and oxygen atoms in total. The van der Waals surface area contributed by atoms with Gasteiger partial charge in [-0.2, -0.15) is 0 Å². The Bertz CT molecular complexity index is 2010. The zero-order valence-electron chi connectivity index (χ0n) is 45.1. The van der Waals surface area contributed by atoms with Crippen LogP contribution in [0.25, 0.3) is 0 Å². The number of aliphatic hydroxyl groups excluding tert-OH is 9. The summed E-state index contributed by atoms with van der Waals surface area (Å²) < 4.78 is 11.9. The molecule has 9 N–H and O–H groups in total. The maximum absolute atomic E-state index is 13.8. The van der Waals surface area contributed by atoms with E-state index < -0.39 is 77.8 Å². The van der Waals surface area contributed by atoms with Crippen molar-refractivity contribution in [1.82, 2.24) is 0 Å². The molecule has 0 aromatic rings. The normalized spacial score (nSPS) is 55.0. The Hall–Kier alpha value is -1.59. The summed E-state index contributed by atoms with van der Waals surface area (Å²) in [6, 6.07) is 0. The second kappa shape index (κ2) is 19.7. The van der Waals surface area contributed by atoms with Gasteiger partial charge in [0, 0.05) is 61.2 Å². The van der Waals surface area contributed by atoms with Crippen molar-refractivity contribution in [3.8, 4) is 0 Å². The van der Waals surface area contributed by atoms with Crippen molar-refractivity contribution in [1.29, 1.82) is 0 Å². The van der Waals surface area contributed by atoms with Gasteiger partial charge in [-0.15, -0.1) is 0 Å². The SMILES string of the molecule is CC(C)C1CC(=O)OC(C(C)C2CC(=O)C3C4C(CC[C@]23C)[C@@]2(C)CC[C@@H](O)[C@H](O)C2[C@@H](O)[C@@H]4O)C1.CC(C)C1CC(O)OC(C(C)C2CC(=O)C3C4C(CC[C@]23C)[C@@]2(C)CC[C@@H](O)[C@H](O)C2[C@@H](O)[C@@H]4O)C1. The monoisotopic (exact) mass is 1010 g/mol. The van der Waals surface area contributed by atoms with Crippen LogP contribution in [-0.2, 0) is 23.9 Å². The van der Waals surface area contributed by atoms with Crippen molar-refractivity contribution in [3.05, 3.63) is 0 Å². The molecule has 29 atom stereocenters. The van der Waals surface area contributed by atoms with Gasteiger partial charge in [0.05, 0.1) is 54.9 Å². The van der Waals surface area contributed by atoms with E-state index in [-0.39, 0.29) is 106 Å². The molecule has 0 aromatic heterocycles. The lowest BCUT2D eigenvalue weighted by atomic mass is 9.42. The third-order valence-corrected chi connectivity index (χ3v) is 24.2. The van der Waals surface area contributed by atoms with Gasteiger partial charge < -0.3 is 55.4 Å². The summed E-state index contributed by atoms with van der Waals surface area (Å²) in [5.74, 6) is -0.658. The molecule has 8 saturated carbocycles. The summed E-state index contributed by atoms with van der Waals surface area (Å²) in [6.45, 7) is 21.5. The predicted molar refractivity (Wildman–Crippen MR) is 266 cm³/mol. The second-order valence-corrected chi connectivity index (χ2v) is 28.0. The lowest BCUT2D eigenvalue weighted by Gasteiger charge is -2.64. The number of fused-ring (bicyclic) bond motifs is 10. The Balaban J connectivity index is 0.000000178. The van der Waals surface area contributed by atoms with E-state index in [1.54, 1.807) is 0 Å². The van der Waals surface area contributed by atoms with Crippen LogP contribution >= 0.6 is 0 Å². The van der Waals surface area contributed by atoms with E-state index in [1.165, 1.54) is 0 Å². The number of Topliss-reactive ketones (excluding diaryl/α,β-unsaturated/α-hetero) is 2. The minimum absolute atomic E-state index is 0.00281. The molecular weight excluding hydrogens is 921 g/mol. The molecule has 0 bridgehead atoms. The lowest BCUT2D eigenvalue weighted by molar-refractivity contribution is -0.251. The molecule has 72 heavy (non-hydrogen) atoms. The number of esters is 1. The third kappa shape index (κ3) is 8.57. The first-order valence-corrected chi connectivity index (χ1v) is 28.6.